The van der Waals surface area contributed by atoms with Crippen molar-refractivity contribution >= 4 is 52.0 Å². The lowest BCUT2D eigenvalue weighted by Crippen LogP contribution is -2.55. The minimum Gasteiger partial charge on any atom is -0.376 e. The highest BCUT2D eigenvalue weighted by atomic mass is 32.1. The van der Waals surface area contributed by atoms with Crippen molar-refractivity contribution in [2.45, 2.75) is 39.3 Å². The van der Waals surface area contributed by atoms with E-state index in [0.717, 1.165) is 30.4 Å². The van der Waals surface area contributed by atoms with Crippen molar-refractivity contribution in [2.75, 3.05) is 26.2 Å². The van der Waals surface area contributed by atoms with Crippen LogP contribution in [-0.2, 0) is 25.7 Å². The number of thiocarbonyl (C=S) groups is 1. The molecule has 0 saturated carbocycles. The van der Waals surface area contributed by atoms with E-state index in [-0.39, 0.29) is 29.2 Å². The van der Waals surface area contributed by atoms with Crippen LogP contribution in [0.15, 0.2) is 36.0 Å². The van der Waals surface area contributed by atoms with Crippen molar-refractivity contribution in [3.63, 3.8) is 0 Å². The number of nitrogens with zero attached hydrogens (tertiary/aromatic N) is 3. The number of aromatic nitrogens is 1. The summed E-state index contributed by atoms with van der Waals surface area (Å²) in [6.45, 7) is 5.78. The van der Waals surface area contributed by atoms with Gasteiger partial charge in [0.2, 0.25) is 5.91 Å². The molecule has 1 aromatic heterocycles. The number of para-hydroxylation sites is 1. The van der Waals surface area contributed by atoms with E-state index in [1.807, 2.05) is 48.9 Å². The van der Waals surface area contributed by atoms with Gasteiger partial charge in [0.1, 0.15) is 12.1 Å². The van der Waals surface area contributed by atoms with Crippen LogP contribution in [0.25, 0.3) is 17.0 Å². The molecule has 3 heterocycles. The average molecular weight is 469 g/mol. The number of carbonyl (C=O) groups is 3. The average Bonchev–Trinajstić information content (AvgIpc) is 3.44. The third-order valence-electron chi connectivity index (χ3n) is 6.03. The van der Waals surface area contributed by atoms with Crippen molar-refractivity contribution in [2.24, 2.45) is 0 Å². The Hall–Kier alpha value is -3.04. The maximum Gasteiger partial charge on any atom is 0.265 e. The van der Waals surface area contributed by atoms with Gasteiger partial charge in [-0.25, -0.2) is 0 Å². The van der Waals surface area contributed by atoms with E-state index in [9.17, 15) is 14.4 Å². The minimum atomic E-state index is -0.400. The Kier molecular flexibility index (Phi) is 6.90. The zero-order valence-electron chi connectivity index (χ0n) is 18.9. The predicted molar refractivity (Wildman–Crippen MR) is 129 cm³/mol. The molecular weight excluding hydrogens is 440 g/mol. The summed E-state index contributed by atoms with van der Waals surface area (Å²) in [4.78, 5) is 41.5. The number of benzene rings is 1. The Morgan fingerprint density at radius 1 is 1.18 bits per heavy atom. The van der Waals surface area contributed by atoms with Crippen LogP contribution in [-0.4, -0.2) is 69.5 Å². The molecule has 0 aliphatic carbocycles. The molecule has 2 aliphatic rings. The van der Waals surface area contributed by atoms with Crippen LogP contribution in [0.2, 0.25) is 0 Å². The Morgan fingerprint density at radius 2 is 1.88 bits per heavy atom. The first-order valence-corrected chi connectivity index (χ1v) is 11.7. The zero-order valence-corrected chi connectivity index (χ0v) is 19.7. The summed E-state index contributed by atoms with van der Waals surface area (Å²) in [5, 5.41) is 4.03. The normalized spacial score (nSPS) is 19.0. The van der Waals surface area contributed by atoms with E-state index in [2.05, 4.69) is 5.32 Å². The molecule has 0 unspecified atom stereocenters. The Bertz CT molecular complexity index is 1100. The maximum absolute atomic E-state index is 13.0. The molecule has 33 heavy (non-hydrogen) atoms. The number of hydrogen-bond acceptors (Lipinski definition) is 5. The Morgan fingerprint density at radius 3 is 2.52 bits per heavy atom. The number of amides is 3. The summed E-state index contributed by atoms with van der Waals surface area (Å²) >= 11 is 5.34. The van der Waals surface area contributed by atoms with E-state index in [1.54, 1.807) is 6.08 Å². The fraction of sp³-hybridized carbons (Fsp3) is 0.417. The molecule has 3 amide bonds. The summed E-state index contributed by atoms with van der Waals surface area (Å²) < 4.78 is 7.40. The van der Waals surface area contributed by atoms with Gasteiger partial charge < -0.3 is 14.6 Å². The van der Waals surface area contributed by atoms with Crippen LogP contribution in [0, 0.1) is 0 Å². The highest BCUT2D eigenvalue weighted by molar-refractivity contribution is 7.80. The summed E-state index contributed by atoms with van der Waals surface area (Å²) in [5.74, 6) is -0.915. The number of nitrogens with one attached hydrogen (secondary N) is 1. The largest absolute Gasteiger partial charge is 0.376 e. The van der Waals surface area contributed by atoms with Gasteiger partial charge in [0, 0.05) is 48.9 Å². The molecule has 2 aromatic rings. The summed E-state index contributed by atoms with van der Waals surface area (Å²) in [7, 11) is 0. The van der Waals surface area contributed by atoms with E-state index in [4.69, 9.17) is 17.0 Å². The third-order valence-corrected chi connectivity index (χ3v) is 6.47. The van der Waals surface area contributed by atoms with Crippen molar-refractivity contribution in [1.82, 2.24) is 19.7 Å². The Labute approximate surface area is 198 Å². The first kappa shape index (κ1) is 23.1. The van der Waals surface area contributed by atoms with Gasteiger partial charge in [0.15, 0.2) is 5.11 Å². The first-order valence-electron chi connectivity index (χ1n) is 11.3. The second kappa shape index (κ2) is 9.84. The SMILES string of the molecule is CCN1C(=O)C(=Cc2cn(CC(=O)NC[C@H]3CCCO3)c3ccccc23)C(=O)N(CC)C1=S. The van der Waals surface area contributed by atoms with Crippen LogP contribution >= 0.6 is 12.2 Å². The Balaban J connectivity index is 1.63. The molecule has 2 fully saturated rings. The number of ether oxygens (including phenoxy) is 1. The molecule has 0 radical (unpaired) electrons. The summed E-state index contributed by atoms with van der Waals surface area (Å²) in [6.07, 6.45) is 5.48. The van der Waals surface area contributed by atoms with Crippen LogP contribution in [0.3, 0.4) is 0 Å². The van der Waals surface area contributed by atoms with Crippen LogP contribution in [0.4, 0.5) is 0 Å². The van der Waals surface area contributed by atoms with Crippen LogP contribution in [0.5, 0.6) is 0 Å². The summed E-state index contributed by atoms with van der Waals surface area (Å²) in [6, 6.07) is 7.62. The molecule has 1 aromatic carbocycles. The van der Waals surface area contributed by atoms with E-state index in [1.165, 1.54) is 9.80 Å². The molecule has 4 rings (SSSR count). The lowest BCUT2D eigenvalue weighted by molar-refractivity contribution is -0.133. The molecular formula is C24H28N4O4S. The van der Waals surface area contributed by atoms with Gasteiger partial charge in [-0.3, -0.25) is 24.2 Å². The minimum absolute atomic E-state index is 0.0676. The fourth-order valence-corrected chi connectivity index (χ4v) is 4.73. The highest BCUT2D eigenvalue weighted by Gasteiger charge is 2.38. The summed E-state index contributed by atoms with van der Waals surface area (Å²) in [5.41, 5.74) is 1.62. The van der Waals surface area contributed by atoms with Crippen LogP contribution < -0.4 is 5.32 Å². The lowest BCUT2D eigenvalue weighted by Gasteiger charge is -2.35. The molecule has 0 bridgehead atoms. The van der Waals surface area contributed by atoms with Gasteiger partial charge in [0.25, 0.3) is 11.8 Å². The lowest BCUT2D eigenvalue weighted by atomic mass is 10.1. The van der Waals surface area contributed by atoms with Gasteiger partial charge in [0.05, 0.1) is 6.10 Å². The van der Waals surface area contributed by atoms with Gasteiger partial charge in [-0.2, -0.15) is 0 Å². The molecule has 1 N–H and O–H groups in total. The molecule has 1 atom stereocenters. The van der Waals surface area contributed by atoms with Gasteiger partial charge in [-0.15, -0.1) is 0 Å². The number of carbonyl (C=O) groups excluding carboxylic acids is 3. The fourth-order valence-electron chi connectivity index (χ4n) is 4.30. The van der Waals surface area contributed by atoms with Gasteiger partial charge in [-0.1, -0.05) is 18.2 Å². The monoisotopic (exact) mass is 468 g/mol. The standard InChI is InChI=1S/C24H28N4O4S/c1-3-27-22(30)19(23(31)28(4-2)24(27)33)12-16-14-26(20-10-6-5-9-18(16)20)15-21(29)25-13-17-8-7-11-32-17/h5-6,9-10,12,14,17H,3-4,7-8,11,13,15H2,1-2H3,(H,25,29)/t17-/m1/s1. The highest BCUT2D eigenvalue weighted by Crippen LogP contribution is 2.26. The van der Waals surface area contributed by atoms with Crippen LogP contribution in [0.1, 0.15) is 32.3 Å². The topological polar surface area (TPSA) is 83.9 Å². The molecule has 174 valence electrons. The van der Waals surface area contributed by atoms with E-state index >= 15 is 0 Å². The number of fused-ring (bicyclic) bond motifs is 1. The molecule has 2 aliphatic heterocycles. The number of rotatable bonds is 7. The van der Waals surface area contributed by atoms with Crippen molar-refractivity contribution in [3.05, 3.63) is 41.6 Å². The quantitative estimate of drug-likeness (QED) is 0.383. The van der Waals surface area contributed by atoms with E-state index < -0.39 is 11.8 Å². The maximum atomic E-state index is 13.0. The van der Waals surface area contributed by atoms with Crippen molar-refractivity contribution in [1.29, 1.82) is 0 Å². The van der Waals surface area contributed by atoms with Gasteiger partial charge in [-0.05, 0) is 51.0 Å². The smallest absolute Gasteiger partial charge is 0.265 e. The number of likely N-dealkylation sites (N-methyl/N-ethyl adjacent to an activating group) is 2. The first-order chi connectivity index (χ1) is 15.9. The number of hydrogen-bond donors (Lipinski definition) is 1. The second-order valence-electron chi connectivity index (χ2n) is 8.11. The molecule has 0 spiro atoms. The zero-order chi connectivity index (χ0) is 23.5. The predicted octanol–water partition coefficient (Wildman–Crippen LogP) is 2.32. The van der Waals surface area contributed by atoms with E-state index in [0.29, 0.717) is 25.2 Å². The molecule has 9 heteroatoms. The molecule has 2 saturated heterocycles. The van der Waals surface area contributed by atoms with Crippen molar-refractivity contribution < 1.29 is 19.1 Å². The second-order valence-corrected chi connectivity index (χ2v) is 8.47. The van der Waals surface area contributed by atoms with Gasteiger partial charge >= 0.3 is 0 Å². The molecule has 8 nitrogen and oxygen atoms in total. The third kappa shape index (κ3) is 4.56. The van der Waals surface area contributed by atoms with Crippen molar-refractivity contribution in [3.8, 4) is 0 Å².